The highest BCUT2D eigenvalue weighted by Crippen LogP contribution is 2.10. The maximum absolute atomic E-state index is 9.33. The van der Waals surface area contributed by atoms with E-state index in [-0.39, 0.29) is 12.6 Å². The van der Waals surface area contributed by atoms with Crippen LogP contribution in [0.4, 0.5) is 0 Å². The molecule has 0 heterocycles. The summed E-state index contributed by atoms with van der Waals surface area (Å²) in [6.45, 7) is 4.84. The Morgan fingerprint density at radius 2 is 2.00 bits per heavy atom. The predicted molar refractivity (Wildman–Crippen MR) is 70.7 cm³/mol. The number of guanidine groups is 1. The van der Waals surface area contributed by atoms with Gasteiger partial charge in [-0.3, -0.25) is 4.99 Å². The first kappa shape index (κ1) is 13.5. The summed E-state index contributed by atoms with van der Waals surface area (Å²) in [5.41, 5.74) is 6.76. The lowest BCUT2D eigenvalue weighted by molar-refractivity contribution is 0.257. The fraction of sp³-hybridized carbons (Fsp3) is 0.462. The Morgan fingerprint density at radius 3 is 2.53 bits per heavy atom. The molecule has 4 nitrogen and oxygen atoms in total. The number of nitrogens with one attached hydrogen (secondary N) is 1. The molecule has 1 aromatic rings. The number of aliphatic imine (C=N–C) groups is 1. The molecule has 0 aromatic heterocycles. The van der Waals surface area contributed by atoms with E-state index in [2.05, 4.69) is 24.2 Å². The molecule has 0 aliphatic carbocycles. The lowest BCUT2D eigenvalue weighted by atomic mass is 10.1. The summed E-state index contributed by atoms with van der Waals surface area (Å²) in [7, 11) is 0. The average Bonchev–Trinajstić information content (AvgIpc) is 2.34. The van der Waals surface area contributed by atoms with E-state index in [0.717, 1.165) is 5.56 Å². The molecule has 4 N–H and O–H groups in total. The molecule has 0 fully saturated rings. The second kappa shape index (κ2) is 6.91. The van der Waals surface area contributed by atoms with E-state index < -0.39 is 0 Å². The SMILES string of the molecule is CC(C)CN=C(N)NC(CO)c1ccccc1. The zero-order valence-corrected chi connectivity index (χ0v) is 10.4. The van der Waals surface area contributed by atoms with Gasteiger partial charge in [-0.05, 0) is 11.5 Å². The van der Waals surface area contributed by atoms with Crippen LogP contribution in [0.5, 0.6) is 0 Å². The molecule has 0 saturated heterocycles. The number of benzene rings is 1. The van der Waals surface area contributed by atoms with E-state index in [9.17, 15) is 5.11 Å². The maximum Gasteiger partial charge on any atom is 0.189 e. The predicted octanol–water partition coefficient (Wildman–Crippen LogP) is 1.28. The lowest BCUT2D eigenvalue weighted by Crippen LogP contribution is -2.37. The van der Waals surface area contributed by atoms with E-state index in [1.165, 1.54) is 0 Å². The fourth-order valence-corrected chi connectivity index (χ4v) is 1.42. The largest absolute Gasteiger partial charge is 0.394 e. The second-order valence-corrected chi connectivity index (χ2v) is 4.41. The first-order valence-corrected chi connectivity index (χ1v) is 5.85. The first-order valence-electron chi connectivity index (χ1n) is 5.85. The van der Waals surface area contributed by atoms with Gasteiger partial charge < -0.3 is 16.2 Å². The van der Waals surface area contributed by atoms with Gasteiger partial charge in [0.15, 0.2) is 5.96 Å². The maximum atomic E-state index is 9.33. The van der Waals surface area contributed by atoms with Crippen LogP contribution in [-0.4, -0.2) is 24.2 Å². The third-order valence-electron chi connectivity index (χ3n) is 2.33. The van der Waals surface area contributed by atoms with Gasteiger partial charge in [-0.15, -0.1) is 0 Å². The van der Waals surface area contributed by atoms with E-state index in [0.29, 0.717) is 18.4 Å². The standard InChI is InChI=1S/C13H21N3O/c1-10(2)8-15-13(14)16-12(9-17)11-6-4-3-5-7-11/h3-7,10,12,17H,8-9H2,1-2H3,(H3,14,15,16). The first-order chi connectivity index (χ1) is 8.13. The Bertz CT molecular complexity index is 349. The quantitative estimate of drug-likeness (QED) is 0.532. The number of nitrogens with zero attached hydrogens (tertiary/aromatic N) is 1. The third kappa shape index (κ3) is 4.87. The van der Waals surface area contributed by atoms with Crippen molar-refractivity contribution in [2.75, 3.05) is 13.2 Å². The summed E-state index contributed by atoms with van der Waals surface area (Å²) >= 11 is 0. The van der Waals surface area contributed by atoms with Crippen molar-refractivity contribution in [3.05, 3.63) is 35.9 Å². The van der Waals surface area contributed by atoms with Crippen LogP contribution in [0, 0.1) is 5.92 Å². The van der Waals surface area contributed by atoms with E-state index >= 15 is 0 Å². The van der Waals surface area contributed by atoms with E-state index in [1.54, 1.807) is 0 Å². The number of hydrogen-bond donors (Lipinski definition) is 3. The minimum atomic E-state index is -0.202. The molecule has 1 atom stereocenters. The molecule has 94 valence electrons. The summed E-state index contributed by atoms with van der Waals surface area (Å²) in [5.74, 6) is 0.848. The van der Waals surface area contributed by atoms with Crippen molar-refractivity contribution in [1.82, 2.24) is 5.32 Å². The van der Waals surface area contributed by atoms with Gasteiger partial charge in [0.2, 0.25) is 0 Å². The van der Waals surface area contributed by atoms with Gasteiger partial charge in [0.1, 0.15) is 0 Å². The highest BCUT2D eigenvalue weighted by atomic mass is 16.3. The van der Waals surface area contributed by atoms with Crippen LogP contribution in [0.3, 0.4) is 0 Å². The molecule has 0 aliphatic heterocycles. The Labute approximate surface area is 103 Å². The Balaban J connectivity index is 2.61. The molecule has 1 rings (SSSR count). The molecule has 4 heteroatoms. The normalized spacial score (nSPS) is 13.8. The monoisotopic (exact) mass is 235 g/mol. The van der Waals surface area contributed by atoms with Crippen LogP contribution >= 0.6 is 0 Å². The van der Waals surface area contributed by atoms with Crippen molar-refractivity contribution in [3.63, 3.8) is 0 Å². The number of aliphatic hydroxyl groups excluding tert-OH is 1. The number of nitrogens with two attached hydrogens (primary N) is 1. The minimum Gasteiger partial charge on any atom is -0.394 e. The Kier molecular flexibility index (Phi) is 5.49. The van der Waals surface area contributed by atoms with Crippen molar-refractivity contribution in [2.45, 2.75) is 19.9 Å². The van der Waals surface area contributed by atoms with E-state index in [4.69, 9.17) is 5.73 Å². The van der Waals surface area contributed by atoms with Crippen LogP contribution in [-0.2, 0) is 0 Å². The minimum absolute atomic E-state index is 0.0120. The summed E-state index contributed by atoms with van der Waals surface area (Å²) in [6, 6.07) is 9.50. The molecule has 0 saturated carbocycles. The number of aliphatic hydroxyl groups is 1. The third-order valence-corrected chi connectivity index (χ3v) is 2.33. The molecule has 0 aliphatic rings. The van der Waals surface area contributed by atoms with Gasteiger partial charge in [0.25, 0.3) is 0 Å². The zero-order valence-electron chi connectivity index (χ0n) is 10.4. The van der Waals surface area contributed by atoms with Crippen LogP contribution in [0.2, 0.25) is 0 Å². The number of rotatable bonds is 5. The molecular formula is C13H21N3O. The van der Waals surface area contributed by atoms with Crippen LogP contribution in [0.25, 0.3) is 0 Å². The van der Waals surface area contributed by atoms with Gasteiger partial charge in [-0.25, -0.2) is 0 Å². The molecular weight excluding hydrogens is 214 g/mol. The van der Waals surface area contributed by atoms with Gasteiger partial charge >= 0.3 is 0 Å². The summed E-state index contributed by atoms with van der Waals surface area (Å²) < 4.78 is 0. The topological polar surface area (TPSA) is 70.6 Å². The van der Waals surface area contributed by atoms with Crippen LogP contribution in [0.1, 0.15) is 25.5 Å². The highest BCUT2D eigenvalue weighted by molar-refractivity contribution is 5.78. The smallest absolute Gasteiger partial charge is 0.189 e. The van der Waals surface area contributed by atoms with E-state index in [1.807, 2.05) is 30.3 Å². The highest BCUT2D eigenvalue weighted by Gasteiger charge is 2.09. The molecule has 0 spiro atoms. The van der Waals surface area contributed by atoms with Crippen molar-refractivity contribution in [1.29, 1.82) is 0 Å². The van der Waals surface area contributed by atoms with Gasteiger partial charge in [0, 0.05) is 6.54 Å². The Morgan fingerprint density at radius 1 is 1.35 bits per heavy atom. The van der Waals surface area contributed by atoms with Gasteiger partial charge in [-0.2, -0.15) is 0 Å². The molecule has 17 heavy (non-hydrogen) atoms. The Hall–Kier alpha value is -1.55. The van der Waals surface area contributed by atoms with Crippen molar-refractivity contribution in [2.24, 2.45) is 16.6 Å². The zero-order chi connectivity index (χ0) is 12.7. The average molecular weight is 235 g/mol. The fourth-order valence-electron chi connectivity index (χ4n) is 1.42. The van der Waals surface area contributed by atoms with Gasteiger partial charge in [0.05, 0.1) is 12.6 Å². The molecule has 1 aromatic carbocycles. The van der Waals surface area contributed by atoms with Crippen LogP contribution in [0.15, 0.2) is 35.3 Å². The molecule has 0 radical (unpaired) electrons. The van der Waals surface area contributed by atoms with Crippen LogP contribution < -0.4 is 11.1 Å². The van der Waals surface area contributed by atoms with Crippen molar-refractivity contribution in [3.8, 4) is 0 Å². The summed E-state index contributed by atoms with van der Waals surface area (Å²) in [5, 5.41) is 12.3. The molecule has 1 unspecified atom stereocenters. The molecule has 0 amide bonds. The van der Waals surface area contributed by atoms with Crippen molar-refractivity contribution >= 4 is 5.96 Å². The van der Waals surface area contributed by atoms with Crippen molar-refractivity contribution < 1.29 is 5.11 Å². The summed E-state index contributed by atoms with van der Waals surface area (Å²) in [6.07, 6.45) is 0. The van der Waals surface area contributed by atoms with Gasteiger partial charge in [-0.1, -0.05) is 44.2 Å². The second-order valence-electron chi connectivity index (χ2n) is 4.41. The number of hydrogen-bond acceptors (Lipinski definition) is 2. The molecule has 0 bridgehead atoms. The summed E-state index contributed by atoms with van der Waals surface area (Å²) in [4.78, 5) is 4.21. The lowest BCUT2D eigenvalue weighted by Gasteiger charge is -2.17.